The topological polar surface area (TPSA) is 59.0 Å². The van der Waals surface area contributed by atoms with E-state index in [0.717, 1.165) is 5.56 Å². The van der Waals surface area contributed by atoms with E-state index in [9.17, 15) is 14.3 Å². The molecule has 3 rings (SSSR count). The van der Waals surface area contributed by atoms with Gasteiger partial charge in [-0.15, -0.1) is 0 Å². The maximum absolute atomic E-state index is 13.2. The Labute approximate surface area is 145 Å². The van der Waals surface area contributed by atoms with Crippen molar-refractivity contribution in [3.05, 3.63) is 59.9 Å². The number of hydrogen-bond donors (Lipinski definition) is 1. The number of halogens is 1. The average Bonchev–Trinajstić information content (AvgIpc) is 3.02. The highest BCUT2D eigenvalue weighted by Gasteiger charge is 2.35. The van der Waals surface area contributed by atoms with E-state index in [1.807, 2.05) is 24.3 Å². The number of likely N-dealkylation sites (tertiary alicyclic amines) is 1. The van der Waals surface area contributed by atoms with E-state index in [-0.39, 0.29) is 25.1 Å². The highest BCUT2D eigenvalue weighted by molar-refractivity contribution is 5.78. The molecule has 1 N–H and O–H groups in total. The number of aliphatic hydroxyl groups is 1. The molecule has 5 nitrogen and oxygen atoms in total. The number of hydrogen-bond acceptors (Lipinski definition) is 4. The van der Waals surface area contributed by atoms with Gasteiger partial charge in [0.1, 0.15) is 17.3 Å². The fourth-order valence-corrected chi connectivity index (χ4v) is 3.04. The lowest BCUT2D eigenvalue weighted by Gasteiger charge is -2.25. The number of carbonyl (C=O) groups is 1. The second-order valence-electron chi connectivity index (χ2n) is 5.97. The molecule has 0 spiro atoms. The summed E-state index contributed by atoms with van der Waals surface area (Å²) < 4.78 is 23.8. The first-order valence-electron chi connectivity index (χ1n) is 8.06. The largest absolute Gasteiger partial charge is 0.497 e. The lowest BCUT2D eigenvalue weighted by atomic mass is 10.0. The monoisotopic (exact) mass is 345 g/mol. The predicted octanol–water partition coefficient (Wildman–Crippen LogP) is 2.55. The molecular weight excluding hydrogens is 325 g/mol. The standard InChI is InChI=1S/C19H20FNO4/c1-24-16-6-2-4-13(8-16)18-10-15(22)11-21(18)19(23)12-25-17-7-3-5-14(20)9-17/h2-9,15,18,22H,10-12H2,1H3/t15-,18-/m1/s1. The molecule has 1 heterocycles. The average molecular weight is 345 g/mol. The molecular formula is C19H20FNO4. The fraction of sp³-hybridized carbons (Fsp3) is 0.316. The molecule has 0 aromatic heterocycles. The Morgan fingerprint density at radius 2 is 2.00 bits per heavy atom. The van der Waals surface area contributed by atoms with Crippen LogP contribution in [0.15, 0.2) is 48.5 Å². The molecule has 2 aromatic carbocycles. The molecule has 2 atom stereocenters. The highest BCUT2D eigenvalue weighted by atomic mass is 19.1. The van der Waals surface area contributed by atoms with Gasteiger partial charge >= 0.3 is 0 Å². The van der Waals surface area contributed by atoms with Crippen molar-refractivity contribution in [1.29, 1.82) is 0 Å². The zero-order valence-corrected chi connectivity index (χ0v) is 13.9. The van der Waals surface area contributed by atoms with Gasteiger partial charge < -0.3 is 19.5 Å². The van der Waals surface area contributed by atoms with E-state index >= 15 is 0 Å². The molecule has 1 saturated heterocycles. The summed E-state index contributed by atoms with van der Waals surface area (Å²) >= 11 is 0. The number of nitrogens with zero attached hydrogens (tertiary/aromatic N) is 1. The number of aliphatic hydroxyl groups excluding tert-OH is 1. The van der Waals surface area contributed by atoms with Gasteiger partial charge in [0.15, 0.2) is 6.61 Å². The van der Waals surface area contributed by atoms with Crippen LogP contribution < -0.4 is 9.47 Å². The lowest BCUT2D eigenvalue weighted by Crippen LogP contribution is -2.35. The molecule has 0 bridgehead atoms. The molecule has 0 unspecified atom stereocenters. The van der Waals surface area contributed by atoms with Gasteiger partial charge in [-0.2, -0.15) is 0 Å². The van der Waals surface area contributed by atoms with Crippen LogP contribution in [0.1, 0.15) is 18.0 Å². The first-order valence-corrected chi connectivity index (χ1v) is 8.06. The Kier molecular flexibility index (Phi) is 5.19. The molecule has 0 aliphatic carbocycles. The van der Waals surface area contributed by atoms with Crippen LogP contribution in [0.4, 0.5) is 4.39 Å². The molecule has 25 heavy (non-hydrogen) atoms. The number of methoxy groups -OCH3 is 1. The minimum atomic E-state index is -0.589. The van der Waals surface area contributed by atoms with E-state index in [1.165, 1.54) is 18.2 Å². The Morgan fingerprint density at radius 3 is 2.76 bits per heavy atom. The fourth-order valence-electron chi connectivity index (χ4n) is 3.04. The molecule has 1 amide bonds. The molecule has 0 radical (unpaired) electrons. The first kappa shape index (κ1) is 17.2. The Hall–Kier alpha value is -2.60. The summed E-state index contributed by atoms with van der Waals surface area (Å²) in [6, 6.07) is 12.8. The second kappa shape index (κ2) is 7.53. The van der Waals surface area contributed by atoms with Gasteiger partial charge in [0.05, 0.1) is 19.3 Å². The first-order chi connectivity index (χ1) is 12.1. The van der Waals surface area contributed by atoms with Crippen molar-refractivity contribution < 1.29 is 23.8 Å². The zero-order chi connectivity index (χ0) is 17.8. The number of ether oxygens (including phenoxy) is 2. The number of β-amino-alcohol motifs (C(OH)–C–C–N with tert-alkyl or cyclic N) is 1. The van der Waals surface area contributed by atoms with E-state index in [0.29, 0.717) is 17.9 Å². The van der Waals surface area contributed by atoms with Crippen molar-refractivity contribution in [3.63, 3.8) is 0 Å². The van der Waals surface area contributed by atoms with Gasteiger partial charge in [-0.3, -0.25) is 4.79 Å². The van der Waals surface area contributed by atoms with Crippen molar-refractivity contribution in [2.24, 2.45) is 0 Å². The van der Waals surface area contributed by atoms with Crippen LogP contribution in [0.5, 0.6) is 11.5 Å². The second-order valence-corrected chi connectivity index (χ2v) is 5.97. The van der Waals surface area contributed by atoms with E-state index in [1.54, 1.807) is 18.1 Å². The maximum Gasteiger partial charge on any atom is 0.261 e. The third-order valence-electron chi connectivity index (χ3n) is 4.24. The zero-order valence-electron chi connectivity index (χ0n) is 13.9. The van der Waals surface area contributed by atoms with Crippen molar-refractivity contribution in [2.75, 3.05) is 20.3 Å². The molecule has 0 saturated carbocycles. The minimum absolute atomic E-state index is 0.212. The van der Waals surface area contributed by atoms with E-state index in [2.05, 4.69) is 0 Å². The summed E-state index contributed by atoms with van der Waals surface area (Å²) in [5, 5.41) is 10.0. The van der Waals surface area contributed by atoms with E-state index in [4.69, 9.17) is 9.47 Å². The van der Waals surface area contributed by atoms with Crippen LogP contribution in [-0.4, -0.2) is 42.3 Å². The van der Waals surface area contributed by atoms with Gasteiger partial charge in [0, 0.05) is 12.6 Å². The SMILES string of the molecule is COc1cccc([C@H]2C[C@@H](O)CN2C(=O)COc2cccc(F)c2)c1. The minimum Gasteiger partial charge on any atom is -0.497 e. The third-order valence-corrected chi connectivity index (χ3v) is 4.24. The third kappa shape index (κ3) is 4.09. The predicted molar refractivity (Wildman–Crippen MR) is 90.0 cm³/mol. The van der Waals surface area contributed by atoms with Crippen LogP contribution >= 0.6 is 0 Å². The molecule has 1 aliphatic heterocycles. The molecule has 132 valence electrons. The van der Waals surface area contributed by atoms with Crippen molar-refractivity contribution in [3.8, 4) is 11.5 Å². The Balaban J connectivity index is 1.71. The normalized spacial score (nSPS) is 19.7. The summed E-state index contributed by atoms with van der Waals surface area (Å²) in [7, 11) is 1.58. The van der Waals surface area contributed by atoms with Gasteiger partial charge in [-0.25, -0.2) is 4.39 Å². The smallest absolute Gasteiger partial charge is 0.261 e. The summed E-state index contributed by atoms with van der Waals surface area (Å²) in [6.45, 7) is 0.0316. The summed E-state index contributed by atoms with van der Waals surface area (Å²) in [6.07, 6.45) is -0.131. The maximum atomic E-state index is 13.2. The summed E-state index contributed by atoms with van der Waals surface area (Å²) in [5.41, 5.74) is 0.898. The van der Waals surface area contributed by atoms with Gasteiger partial charge in [0.25, 0.3) is 5.91 Å². The number of rotatable bonds is 5. The number of benzene rings is 2. The van der Waals surface area contributed by atoms with Crippen molar-refractivity contribution >= 4 is 5.91 Å². The van der Waals surface area contributed by atoms with Gasteiger partial charge in [0.2, 0.25) is 0 Å². The summed E-state index contributed by atoms with van der Waals surface area (Å²) in [4.78, 5) is 14.1. The van der Waals surface area contributed by atoms with Gasteiger partial charge in [-0.1, -0.05) is 18.2 Å². The molecule has 6 heteroatoms. The Bertz CT molecular complexity index is 752. The van der Waals surface area contributed by atoms with Crippen LogP contribution in [0.3, 0.4) is 0 Å². The number of carbonyl (C=O) groups excluding carboxylic acids is 1. The van der Waals surface area contributed by atoms with Crippen LogP contribution in [-0.2, 0) is 4.79 Å². The molecule has 1 aliphatic rings. The van der Waals surface area contributed by atoms with Crippen molar-refractivity contribution in [2.45, 2.75) is 18.6 Å². The lowest BCUT2D eigenvalue weighted by molar-refractivity contribution is -0.134. The van der Waals surface area contributed by atoms with E-state index < -0.39 is 11.9 Å². The quantitative estimate of drug-likeness (QED) is 0.905. The van der Waals surface area contributed by atoms with Crippen LogP contribution in [0.25, 0.3) is 0 Å². The van der Waals surface area contributed by atoms with Crippen LogP contribution in [0.2, 0.25) is 0 Å². The van der Waals surface area contributed by atoms with Crippen molar-refractivity contribution in [1.82, 2.24) is 4.90 Å². The Morgan fingerprint density at radius 1 is 1.24 bits per heavy atom. The summed E-state index contributed by atoms with van der Waals surface area (Å²) in [5.74, 6) is 0.317. The highest BCUT2D eigenvalue weighted by Crippen LogP contribution is 2.33. The number of amides is 1. The molecule has 1 fully saturated rings. The molecule has 2 aromatic rings. The van der Waals surface area contributed by atoms with Gasteiger partial charge in [-0.05, 0) is 36.2 Å². The van der Waals surface area contributed by atoms with Crippen LogP contribution in [0, 0.1) is 5.82 Å².